The normalized spacial score (nSPS) is 13.2. The highest BCUT2D eigenvalue weighted by atomic mass is 32.2. The zero-order chi connectivity index (χ0) is 22.6. The second kappa shape index (κ2) is 6.89. The predicted molar refractivity (Wildman–Crippen MR) is 117 cm³/mol. The van der Waals surface area contributed by atoms with E-state index in [9.17, 15) is 28.2 Å². The van der Waals surface area contributed by atoms with E-state index >= 15 is 0 Å². The first-order valence-corrected chi connectivity index (χ1v) is 10.9. The molecular formula is C23H14N2O6S. The number of fused-ring (bicyclic) bond motifs is 2. The minimum atomic E-state index is -4.42. The highest BCUT2D eigenvalue weighted by molar-refractivity contribution is 7.90. The van der Waals surface area contributed by atoms with E-state index in [0.717, 1.165) is 10.0 Å². The molecule has 1 aliphatic heterocycles. The van der Waals surface area contributed by atoms with Gasteiger partial charge in [-0.25, -0.2) is 22.2 Å². The Kier molecular flexibility index (Phi) is 4.24. The van der Waals surface area contributed by atoms with Gasteiger partial charge in [0.15, 0.2) is 5.75 Å². The van der Waals surface area contributed by atoms with E-state index in [0.29, 0.717) is 11.3 Å². The van der Waals surface area contributed by atoms with E-state index in [4.69, 9.17) is 0 Å². The maximum Gasteiger partial charge on any atom is 0.335 e. The van der Waals surface area contributed by atoms with Crippen molar-refractivity contribution in [3.8, 4) is 5.75 Å². The monoisotopic (exact) mass is 446 g/mol. The van der Waals surface area contributed by atoms with Gasteiger partial charge in [-0.15, -0.1) is 0 Å². The molecule has 0 saturated heterocycles. The van der Waals surface area contributed by atoms with Crippen molar-refractivity contribution in [3.63, 3.8) is 0 Å². The van der Waals surface area contributed by atoms with E-state index in [1.807, 2.05) is 0 Å². The van der Waals surface area contributed by atoms with Gasteiger partial charge in [0, 0.05) is 10.9 Å². The standard InChI is InChI=1S/C23H14N2O6S/c26-21-15-8-1-3-10-17(15)24-19(21)20-22(27)16-9-2-4-11-18(16)25(20)32(30,31)14-7-5-6-13(12-14)23(28)29/h1-12,27H,(H,28,29). The summed E-state index contributed by atoms with van der Waals surface area (Å²) in [6, 6.07) is 17.7. The molecule has 32 heavy (non-hydrogen) atoms. The van der Waals surface area contributed by atoms with Crippen LogP contribution in [0.15, 0.2) is 82.7 Å². The van der Waals surface area contributed by atoms with Gasteiger partial charge in [-0.1, -0.05) is 30.3 Å². The third-order valence-electron chi connectivity index (χ3n) is 5.24. The number of carboxylic acids is 1. The number of hydrogen-bond donors (Lipinski definition) is 2. The Balaban J connectivity index is 1.83. The summed E-state index contributed by atoms with van der Waals surface area (Å²) >= 11 is 0. The minimum absolute atomic E-state index is 0.132. The Hall–Kier alpha value is -4.24. The summed E-state index contributed by atoms with van der Waals surface area (Å²) in [6.07, 6.45) is 0. The zero-order valence-electron chi connectivity index (χ0n) is 16.3. The number of para-hydroxylation sites is 2. The average molecular weight is 446 g/mol. The number of ketones is 1. The molecule has 2 N–H and O–H groups in total. The van der Waals surface area contributed by atoms with Gasteiger partial charge in [-0.3, -0.25) is 4.79 Å². The lowest BCUT2D eigenvalue weighted by molar-refractivity contribution is 0.0696. The van der Waals surface area contributed by atoms with Crippen LogP contribution in [0.2, 0.25) is 0 Å². The van der Waals surface area contributed by atoms with Crippen molar-refractivity contribution in [1.29, 1.82) is 0 Å². The van der Waals surface area contributed by atoms with Crippen LogP contribution in [-0.4, -0.2) is 40.1 Å². The molecule has 158 valence electrons. The van der Waals surface area contributed by atoms with Crippen LogP contribution in [0, 0.1) is 0 Å². The van der Waals surface area contributed by atoms with Crippen LogP contribution in [0.1, 0.15) is 26.4 Å². The van der Waals surface area contributed by atoms with Gasteiger partial charge in [0.25, 0.3) is 10.0 Å². The molecule has 1 aliphatic rings. The number of hydrogen-bond acceptors (Lipinski definition) is 6. The molecule has 9 heteroatoms. The summed E-state index contributed by atoms with van der Waals surface area (Å²) in [4.78, 5) is 28.4. The van der Waals surface area contributed by atoms with Crippen LogP contribution < -0.4 is 0 Å². The Bertz CT molecular complexity index is 1600. The Morgan fingerprint density at radius 2 is 1.66 bits per heavy atom. The summed E-state index contributed by atoms with van der Waals surface area (Å²) in [5.41, 5.74) is 0.103. The summed E-state index contributed by atoms with van der Waals surface area (Å²) in [5, 5.41) is 20.5. The third kappa shape index (κ3) is 2.75. The number of aromatic hydroxyl groups is 1. The SMILES string of the molecule is O=C(O)c1cccc(S(=O)(=O)n2c(C3=Nc4ccccc4C3=O)c(O)c3ccccc32)c1. The molecule has 8 nitrogen and oxygen atoms in total. The van der Waals surface area contributed by atoms with Gasteiger partial charge in [0.2, 0.25) is 5.78 Å². The Morgan fingerprint density at radius 3 is 2.41 bits per heavy atom. The fraction of sp³-hybridized carbons (Fsp3) is 0. The van der Waals surface area contributed by atoms with E-state index in [-0.39, 0.29) is 32.8 Å². The number of aromatic nitrogens is 1. The number of aromatic carboxylic acids is 1. The number of carbonyl (C=O) groups is 2. The van der Waals surface area contributed by atoms with Gasteiger partial charge < -0.3 is 10.2 Å². The van der Waals surface area contributed by atoms with E-state index in [2.05, 4.69) is 4.99 Å². The number of Topliss-reactive ketones (excluding diaryl/α,β-unsaturated/α-hetero) is 1. The van der Waals surface area contributed by atoms with Crippen molar-refractivity contribution in [2.24, 2.45) is 4.99 Å². The van der Waals surface area contributed by atoms with E-state index in [1.54, 1.807) is 36.4 Å². The summed E-state index contributed by atoms with van der Waals surface area (Å²) in [6.45, 7) is 0. The van der Waals surface area contributed by atoms with E-state index in [1.165, 1.54) is 30.3 Å². The quantitative estimate of drug-likeness (QED) is 0.493. The molecule has 0 fully saturated rings. The highest BCUT2D eigenvalue weighted by Gasteiger charge is 2.35. The van der Waals surface area contributed by atoms with Gasteiger partial charge >= 0.3 is 5.97 Å². The van der Waals surface area contributed by atoms with Crippen LogP contribution in [0.5, 0.6) is 5.75 Å². The molecule has 5 rings (SSSR count). The third-order valence-corrected chi connectivity index (χ3v) is 6.95. The molecule has 0 aliphatic carbocycles. The number of rotatable bonds is 4. The van der Waals surface area contributed by atoms with Crippen molar-refractivity contribution in [1.82, 2.24) is 3.97 Å². The van der Waals surface area contributed by atoms with Crippen molar-refractivity contribution >= 4 is 44.1 Å². The second-order valence-electron chi connectivity index (χ2n) is 7.12. The predicted octanol–water partition coefficient (Wildman–Crippen LogP) is 3.60. The van der Waals surface area contributed by atoms with Gasteiger partial charge in [-0.05, 0) is 42.5 Å². The van der Waals surface area contributed by atoms with Crippen LogP contribution in [0.25, 0.3) is 10.9 Å². The highest BCUT2D eigenvalue weighted by Crippen LogP contribution is 2.39. The lowest BCUT2D eigenvalue weighted by atomic mass is 10.1. The molecule has 4 aromatic rings. The number of carboxylic acid groups (broad SMARTS) is 1. The number of benzene rings is 3. The lowest BCUT2D eigenvalue weighted by Gasteiger charge is -2.12. The molecular weight excluding hydrogens is 432 g/mol. The smallest absolute Gasteiger partial charge is 0.335 e. The topological polar surface area (TPSA) is 126 Å². The van der Waals surface area contributed by atoms with Crippen LogP contribution >= 0.6 is 0 Å². The Labute approximate surface area is 181 Å². The second-order valence-corrected chi connectivity index (χ2v) is 8.91. The molecule has 2 heterocycles. The van der Waals surface area contributed by atoms with E-state index < -0.39 is 27.5 Å². The van der Waals surface area contributed by atoms with Crippen LogP contribution in [-0.2, 0) is 10.0 Å². The molecule has 0 atom stereocenters. The average Bonchev–Trinajstić information content (AvgIpc) is 3.28. The minimum Gasteiger partial charge on any atom is -0.505 e. The molecule has 1 aromatic heterocycles. The van der Waals surface area contributed by atoms with Crippen LogP contribution in [0.4, 0.5) is 5.69 Å². The number of carbonyl (C=O) groups excluding carboxylic acids is 1. The lowest BCUT2D eigenvalue weighted by Crippen LogP contribution is -2.22. The first-order valence-electron chi connectivity index (χ1n) is 9.45. The molecule has 0 saturated carbocycles. The molecule has 0 amide bonds. The van der Waals surface area contributed by atoms with Crippen molar-refractivity contribution in [2.45, 2.75) is 4.90 Å². The van der Waals surface area contributed by atoms with Gasteiger partial charge in [0.1, 0.15) is 11.4 Å². The molecule has 3 aromatic carbocycles. The summed E-state index contributed by atoms with van der Waals surface area (Å²) < 4.78 is 28.2. The first kappa shape index (κ1) is 19.7. The number of aliphatic imine (C=N–C) groups is 1. The summed E-state index contributed by atoms with van der Waals surface area (Å²) in [7, 11) is -4.42. The molecule has 0 bridgehead atoms. The van der Waals surface area contributed by atoms with Crippen molar-refractivity contribution in [2.75, 3.05) is 0 Å². The molecule has 0 radical (unpaired) electrons. The molecule has 0 spiro atoms. The fourth-order valence-corrected chi connectivity index (χ4v) is 5.34. The number of nitrogens with zero attached hydrogens (tertiary/aromatic N) is 2. The zero-order valence-corrected chi connectivity index (χ0v) is 17.1. The maximum atomic E-state index is 13.7. The Morgan fingerprint density at radius 1 is 0.938 bits per heavy atom. The van der Waals surface area contributed by atoms with Crippen molar-refractivity contribution in [3.05, 3.63) is 89.6 Å². The van der Waals surface area contributed by atoms with Crippen LogP contribution in [0.3, 0.4) is 0 Å². The first-order chi connectivity index (χ1) is 15.3. The fourth-order valence-electron chi connectivity index (χ4n) is 3.77. The maximum absolute atomic E-state index is 13.7. The summed E-state index contributed by atoms with van der Waals surface area (Å²) in [5.74, 6) is -2.21. The van der Waals surface area contributed by atoms with Gasteiger partial charge in [0.05, 0.1) is 21.7 Å². The largest absolute Gasteiger partial charge is 0.505 e. The van der Waals surface area contributed by atoms with Gasteiger partial charge in [-0.2, -0.15) is 0 Å². The van der Waals surface area contributed by atoms with Crippen molar-refractivity contribution < 1.29 is 28.2 Å². The molecule has 0 unspecified atom stereocenters.